The second kappa shape index (κ2) is 8.36. The highest BCUT2D eigenvalue weighted by atomic mass is 16.8. The molecule has 1 aromatic carbocycles. The van der Waals surface area contributed by atoms with Gasteiger partial charge in [0.2, 0.25) is 0 Å². The van der Waals surface area contributed by atoms with Crippen molar-refractivity contribution in [2.24, 2.45) is 23.2 Å². The third-order valence-electron chi connectivity index (χ3n) is 8.58. The summed E-state index contributed by atoms with van der Waals surface area (Å²) in [7, 11) is 0. The first kappa shape index (κ1) is 21.7. The summed E-state index contributed by atoms with van der Waals surface area (Å²) in [5.74, 6) is 0.808. The van der Waals surface area contributed by atoms with Gasteiger partial charge in [-0.3, -0.25) is 14.9 Å². The molecule has 0 spiro atoms. The van der Waals surface area contributed by atoms with Crippen LogP contribution in [0.15, 0.2) is 36.4 Å². The van der Waals surface area contributed by atoms with Gasteiger partial charge < -0.3 is 20.1 Å². The van der Waals surface area contributed by atoms with Gasteiger partial charge in [-0.1, -0.05) is 19.1 Å². The molecule has 5 atom stereocenters. The van der Waals surface area contributed by atoms with Gasteiger partial charge >= 0.3 is 5.97 Å². The number of fused-ring (bicyclic) bond motifs is 2. The first-order chi connectivity index (χ1) is 15.3. The number of anilines is 2. The summed E-state index contributed by atoms with van der Waals surface area (Å²) >= 11 is 0. The predicted molar refractivity (Wildman–Crippen MR) is 123 cm³/mol. The Morgan fingerprint density at radius 3 is 2.66 bits per heavy atom. The van der Waals surface area contributed by atoms with E-state index in [4.69, 9.17) is 9.94 Å². The van der Waals surface area contributed by atoms with Crippen molar-refractivity contribution in [3.8, 4) is 0 Å². The van der Waals surface area contributed by atoms with Crippen LogP contribution in [0.1, 0.15) is 39.0 Å². The van der Waals surface area contributed by atoms with Crippen molar-refractivity contribution in [1.82, 2.24) is 4.90 Å². The number of carbonyl (C=O) groups excluding carboxylic acids is 1. The second-order valence-electron chi connectivity index (χ2n) is 10.5. The Labute approximate surface area is 190 Å². The van der Waals surface area contributed by atoms with Gasteiger partial charge in [-0.05, 0) is 67.7 Å². The largest absolute Gasteiger partial charge is 0.733 e. The molecule has 4 fully saturated rings. The molecule has 0 amide bonds. The van der Waals surface area contributed by atoms with Crippen LogP contribution in [0.3, 0.4) is 0 Å². The van der Waals surface area contributed by atoms with E-state index in [1.165, 1.54) is 18.4 Å². The van der Waals surface area contributed by atoms with Gasteiger partial charge in [0.1, 0.15) is 6.10 Å². The van der Waals surface area contributed by atoms with Crippen LogP contribution in [0.4, 0.5) is 11.4 Å². The van der Waals surface area contributed by atoms with Crippen molar-refractivity contribution < 1.29 is 14.7 Å². The van der Waals surface area contributed by atoms with E-state index in [1.54, 1.807) is 12.1 Å². The number of ether oxygens (including phenoxy) is 1. The summed E-state index contributed by atoms with van der Waals surface area (Å²) < 4.78 is 5.93. The van der Waals surface area contributed by atoms with E-state index in [9.17, 15) is 10.0 Å². The minimum atomic E-state index is -0.119. The molecule has 2 aliphatic heterocycles. The maximum absolute atomic E-state index is 12.8. The molecule has 5 rings (SSSR count). The average Bonchev–Trinajstić information content (AvgIpc) is 3.06. The Morgan fingerprint density at radius 2 is 1.97 bits per heavy atom. The van der Waals surface area contributed by atoms with Gasteiger partial charge in [0.05, 0.1) is 11.6 Å². The lowest BCUT2D eigenvalue weighted by molar-refractivity contribution is -0.146. The van der Waals surface area contributed by atoms with E-state index in [0.29, 0.717) is 11.8 Å². The van der Waals surface area contributed by atoms with Crippen molar-refractivity contribution >= 4 is 17.3 Å². The van der Waals surface area contributed by atoms with Gasteiger partial charge in [-0.15, -0.1) is 0 Å². The molecule has 0 bridgehead atoms. The van der Waals surface area contributed by atoms with Gasteiger partial charge in [0.25, 0.3) is 0 Å². The number of benzene rings is 1. The van der Waals surface area contributed by atoms with Crippen molar-refractivity contribution in [2.75, 3.05) is 42.9 Å². The maximum atomic E-state index is 12.8. The summed E-state index contributed by atoms with van der Waals surface area (Å²) in [4.78, 5) is 17.5. The highest BCUT2D eigenvalue weighted by molar-refractivity contribution is 5.75. The molecule has 0 aromatic heterocycles. The summed E-state index contributed by atoms with van der Waals surface area (Å²) in [6, 6.07) is 6.97. The predicted octanol–water partition coefficient (Wildman–Crippen LogP) is 3.82. The summed E-state index contributed by atoms with van der Waals surface area (Å²) in [6.07, 6.45) is 5.67. The normalized spacial score (nSPS) is 35.3. The Balaban J connectivity index is 1.20. The van der Waals surface area contributed by atoms with E-state index in [-0.39, 0.29) is 34.3 Å². The Morgan fingerprint density at radius 1 is 1.25 bits per heavy atom. The molecule has 2 saturated carbocycles. The van der Waals surface area contributed by atoms with Crippen LogP contribution in [0, 0.1) is 28.4 Å². The highest BCUT2D eigenvalue weighted by Crippen LogP contribution is 2.56. The number of nitrogens with zero attached hydrogens (tertiary/aromatic N) is 3. The van der Waals surface area contributed by atoms with Crippen LogP contribution in [0.2, 0.25) is 0 Å². The number of carbonyl (C=O) groups is 1. The number of piperazine rings is 1. The standard InChI is InChI=1S/C25H34N3O4/c1-17-4-3-9-25(2)15-23-20(14-22(17)25)21(24(29)32-23)16-26-10-12-27(13-11-26)18-5-7-19(8-6-18)28(30)31/h5-8,20-23,30H,1,3-4,9-16H2,2H3/q-1/t20-,21+,22+,23+,25+/m0/s1. The third-order valence-corrected chi connectivity index (χ3v) is 8.58. The first-order valence-corrected chi connectivity index (χ1v) is 12.0. The fourth-order valence-corrected chi connectivity index (χ4v) is 6.72. The molecule has 32 heavy (non-hydrogen) atoms. The molecule has 0 unspecified atom stereocenters. The van der Waals surface area contributed by atoms with E-state index < -0.39 is 0 Å². The lowest BCUT2D eigenvalue weighted by Crippen LogP contribution is -2.50. The molecule has 0 radical (unpaired) electrons. The SMILES string of the molecule is C=C1CCC[C@]2(C)C[C@H]3OC(=O)[C@H](CN4CCN(c5ccc(N([O-])O)cc5)CC4)[C@@H]3C[C@H]12. The van der Waals surface area contributed by atoms with Crippen LogP contribution in [0.25, 0.3) is 0 Å². The molecule has 7 nitrogen and oxygen atoms in total. The summed E-state index contributed by atoms with van der Waals surface area (Å²) in [6.45, 7) is 11.1. The summed E-state index contributed by atoms with van der Waals surface area (Å²) in [5, 5.41) is 19.9. The van der Waals surface area contributed by atoms with Gasteiger partial charge in [-0.2, -0.15) is 0 Å². The van der Waals surface area contributed by atoms with Crippen molar-refractivity contribution in [3.63, 3.8) is 0 Å². The molecule has 174 valence electrons. The average molecular weight is 441 g/mol. The Kier molecular flexibility index (Phi) is 5.68. The molecular weight excluding hydrogens is 406 g/mol. The molecule has 1 aromatic rings. The lowest BCUT2D eigenvalue weighted by Gasteiger charge is -2.50. The van der Waals surface area contributed by atoms with E-state index in [2.05, 4.69) is 23.3 Å². The zero-order valence-electron chi connectivity index (χ0n) is 18.9. The molecule has 7 heteroatoms. The molecule has 2 saturated heterocycles. The number of allylic oxidation sites excluding steroid dienone is 1. The van der Waals surface area contributed by atoms with Crippen LogP contribution in [0.5, 0.6) is 0 Å². The zero-order valence-corrected chi connectivity index (χ0v) is 18.9. The smallest absolute Gasteiger partial charge is 0.310 e. The summed E-state index contributed by atoms with van der Waals surface area (Å²) in [5.41, 5.74) is 2.89. The van der Waals surface area contributed by atoms with E-state index >= 15 is 0 Å². The number of hydrogen-bond acceptors (Lipinski definition) is 7. The molecule has 2 aliphatic carbocycles. The number of rotatable bonds is 4. The van der Waals surface area contributed by atoms with Crippen LogP contribution in [-0.4, -0.2) is 54.9 Å². The molecular formula is C25H34N3O4-. The first-order valence-electron chi connectivity index (χ1n) is 12.0. The fraction of sp³-hybridized carbons (Fsp3) is 0.640. The molecule has 1 N–H and O–H groups in total. The van der Waals surface area contributed by atoms with Crippen molar-refractivity contribution in [3.05, 3.63) is 41.6 Å². The quantitative estimate of drug-likeness (QED) is 0.433. The third kappa shape index (κ3) is 3.91. The molecule has 4 aliphatic rings. The number of esters is 1. The fourth-order valence-electron chi connectivity index (χ4n) is 6.72. The zero-order chi connectivity index (χ0) is 22.5. The van der Waals surface area contributed by atoms with Gasteiger partial charge in [0, 0.05) is 44.3 Å². The van der Waals surface area contributed by atoms with E-state index in [1.807, 2.05) is 12.1 Å². The molecule has 2 heterocycles. The highest BCUT2D eigenvalue weighted by Gasteiger charge is 2.55. The van der Waals surface area contributed by atoms with Gasteiger partial charge in [0.15, 0.2) is 0 Å². The Bertz CT molecular complexity index is 864. The number of hydrogen-bond donors (Lipinski definition) is 1. The maximum Gasteiger partial charge on any atom is 0.310 e. The van der Waals surface area contributed by atoms with E-state index in [0.717, 1.165) is 57.7 Å². The lowest BCUT2D eigenvalue weighted by atomic mass is 9.55. The van der Waals surface area contributed by atoms with Crippen LogP contribution >= 0.6 is 0 Å². The van der Waals surface area contributed by atoms with Crippen molar-refractivity contribution in [2.45, 2.75) is 45.1 Å². The van der Waals surface area contributed by atoms with Crippen molar-refractivity contribution in [1.29, 1.82) is 0 Å². The Hall–Kier alpha value is -2.09. The van der Waals surface area contributed by atoms with Crippen LogP contribution in [-0.2, 0) is 9.53 Å². The minimum absolute atomic E-state index is 0.00273. The topological polar surface area (TPSA) is 79.3 Å². The second-order valence-corrected chi connectivity index (χ2v) is 10.5. The monoisotopic (exact) mass is 440 g/mol. The van der Waals surface area contributed by atoms with Gasteiger partial charge in [-0.25, -0.2) is 0 Å². The van der Waals surface area contributed by atoms with Crippen LogP contribution < -0.4 is 10.1 Å². The minimum Gasteiger partial charge on any atom is -0.733 e.